The minimum atomic E-state index is 0.0506. The summed E-state index contributed by atoms with van der Waals surface area (Å²) in [4.78, 5) is 16.3. The number of pyridine rings is 3. The Hall–Kier alpha value is -2.93. The lowest BCUT2D eigenvalue weighted by Gasteiger charge is -2.28. The van der Waals surface area contributed by atoms with Crippen LogP contribution >= 0.6 is 0 Å². The summed E-state index contributed by atoms with van der Waals surface area (Å²) in [6, 6.07) is 9.58. The Bertz CT molecular complexity index is 971. The molecule has 146 valence electrons. The van der Waals surface area contributed by atoms with Crippen molar-refractivity contribution in [3.63, 3.8) is 0 Å². The highest BCUT2D eigenvalue weighted by Crippen LogP contribution is 2.34. The largest absolute Gasteiger partial charge is 0.490 e. The summed E-state index contributed by atoms with van der Waals surface area (Å²) in [5, 5.41) is 0.917. The first kappa shape index (κ1) is 18.4. The van der Waals surface area contributed by atoms with Gasteiger partial charge in [-0.05, 0) is 26.0 Å². The minimum absolute atomic E-state index is 0.0506. The molecule has 0 aliphatic carbocycles. The molecule has 0 spiro atoms. The summed E-state index contributed by atoms with van der Waals surface area (Å²) in [6.07, 6.45) is 1.82. The molecule has 0 saturated carbocycles. The lowest BCUT2D eigenvalue weighted by molar-refractivity contribution is 0.122. The van der Waals surface area contributed by atoms with Gasteiger partial charge in [-0.25, -0.2) is 9.97 Å². The normalized spacial score (nSPS) is 14.5. The van der Waals surface area contributed by atoms with E-state index in [-0.39, 0.29) is 6.10 Å². The zero-order valence-electron chi connectivity index (χ0n) is 16.4. The maximum absolute atomic E-state index is 6.12. The van der Waals surface area contributed by atoms with E-state index in [9.17, 15) is 0 Å². The lowest BCUT2D eigenvalue weighted by Crippen LogP contribution is -2.36. The Morgan fingerprint density at radius 1 is 1.11 bits per heavy atom. The van der Waals surface area contributed by atoms with E-state index >= 15 is 0 Å². The van der Waals surface area contributed by atoms with E-state index in [1.807, 2.05) is 44.2 Å². The zero-order valence-corrected chi connectivity index (χ0v) is 16.4. The molecule has 0 bridgehead atoms. The average molecular weight is 380 g/mol. The third kappa shape index (κ3) is 3.71. The van der Waals surface area contributed by atoms with Gasteiger partial charge in [0.05, 0.1) is 32.1 Å². The van der Waals surface area contributed by atoms with Crippen LogP contribution in [0.3, 0.4) is 0 Å². The number of ether oxygens (including phenoxy) is 3. The monoisotopic (exact) mass is 380 g/mol. The fourth-order valence-electron chi connectivity index (χ4n) is 3.26. The molecule has 3 aromatic heterocycles. The SMILES string of the molecule is COc1cccc(-c2nccc3c(OC(C)C)cc(N4CCOCC4)nc23)n1. The lowest BCUT2D eigenvalue weighted by atomic mass is 10.1. The Balaban J connectivity index is 1.90. The molecule has 0 N–H and O–H groups in total. The Labute approximate surface area is 164 Å². The summed E-state index contributed by atoms with van der Waals surface area (Å²) in [6.45, 7) is 7.02. The van der Waals surface area contributed by atoms with Crippen molar-refractivity contribution in [1.29, 1.82) is 0 Å². The van der Waals surface area contributed by atoms with E-state index in [1.54, 1.807) is 13.3 Å². The second-order valence-electron chi connectivity index (χ2n) is 6.87. The van der Waals surface area contributed by atoms with Crippen LogP contribution in [0.2, 0.25) is 0 Å². The maximum Gasteiger partial charge on any atom is 0.213 e. The molecule has 0 unspecified atom stereocenters. The Kier molecular flexibility index (Phi) is 5.25. The number of hydrogen-bond acceptors (Lipinski definition) is 7. The molecule has 1 aliphatic heterocycles. The molecule has 0 atom stereocenters. The van der Waals surface area contributed by atoms with Gasteiger partial charge in [0.2, 0.25) is 5.88 Å². The van der Waals surface area contributed by atoms with E-state index in [2.05, 4.69) is 14.9 Å². The minimum Gasteiger partial charge on any atom is -0.490 e. The van der Waals surface area contributed by atoms with Gasteiger partial charge < -0.3 is 19.1 Å². The summed E-state index contributed by atoms with van der Waals surface area (Å²) in [7, 11) is 1.60. The first-order valence-electron chi connectivity index (χ1n) is 9.46. The van der Waals surface area contributed by atoms with Crippen molar-refractivity contribution in [2.24, 2.45) is 0 Å². The Morgan fingerprint density at radius 3 is 2.68 bits per heavy atom. The van der Waals surface area contributed by atoms with Gasteiger partial charge in [0.15, 0.2) is 0 Å². The topological polar surface area (TPSA) is 69.6 Å². The van der Waals surface area contributed by atoms with Crippen molar-refractivity contribution in [2.45, 2.75) is 20.0 Å². The quantitative estimate of drug-likeness (QED) is 0.672. The van der Waals surface area contributed by atoms with Gasteiger partial charge in [0, 0.05) is 36.8 Å². The number of hydrogen-bond donors (Lipinski definition) is 0. The van der Waals surface area contributed by atoms with Gasteiger partial charge in [-0.3, -0.25) is 4.98 Å². The van der Waals surface area contributed by atoms with E-state index in [4.69, 9.17) is 19.2 Å². The molecule has 28 heavy (non-hydrogen) atoms. The molecule has 7 nitrogen and oxygen atoms in total. The van der Waals surface area contributed by atoms with Gasteiger partial charge in [-0.1, -0.05) is 6.07 Å². The molecule has 1 saturated heterocycles. The van der Waals surface area contributed by atoms with Gasteiger partial charge in [0.25, 0.3) is 0 Å². The molecule has 0 radical (unpaired) electrons. The second-order valence-corrected chi connectivity index (χ2v) is 6.87. The van der Waals surface area contributed by atoms with Gasteiger partial charge in [-0.2, -0.15) is 0 Å². The number of morpholine rings is 1. The first-order chi connectivity index (χ1) is 13.7. The first-order valence-corrected chi connectivity index (χ1v) is 9.46. The highest BCUT2D eigenvalue weighted by molar-refractivity contribution is 5.95. The van der Waals surface area contributed by atoms with E-state index in [1.165, 1.54) is 0 Å². The molecule has 0 amide bonds. The van der Waals surface area contributed by atoms with Crippen molar-refractivity contribution in [3.05, 3.63) is 36.5 Å². The molecule has 7 heteroatoms. The van der Waals surface area contributed by atoms with Crippen LogP contribution in [0.1, 0.15) is 13.8 Å². The highest BCUT2D eigenvalue weighted by atomic mass is 16.5. The summed E-state index contributed by atoms with van der Waals surface area (Å²) in [5.41, 5.74) is 2.19. The maximum atomic E-state index is 6.12. The van der Waals surface area contributed by atoms with Crippen molar-refractivity contribution < 1.29 is 14.2 Å². The number of rotatable bonds is 5. The third-order valence-electron chi connectivity index (χ3n) is 4.55. The van der Waals surface area contributed by atoms with Gasteiger partial charge in [0.1, 0.15) is 22.8 Å². The molecule has 4 rings (SSSR count). The summed E-state index contributed by atoms with van der Waals surface area (Å²) >= 11 is 0. The number of fused-ring (bicyclic) bond motifs is 1. The van der Waals surface area contributed by atoms with Crippen LogP contribution in [-0.2, 0) is 4.74 Å². The molecular formula is C21H24N4O3. The number of aromatic nitrogens is 3. The van der Waals surface area contributed by atoms with Crippen LogP contribution in [0.15, 0.2) is 36.5 Å². The standard InChI is InChI=1S/C21H24N4O3/c1-14(2)28-17-13-18(25-9-11-27-12-10-25)24-20-15(17)7-8-22-21(20)16-5-4-6-19(23-16)26-3/h4-8,13-14H,9-12H2,1-3H3. The predicted molar refractivity (Wildman–Crippen MR) is 108 cm³/mol. The van der Waals surface area contributed by atoms with Crippen LogP contribution in [0.25, 0.3) is 22.3 Å². The van der Waals surface area contributed by atoms with Crippen molar-refractivity contribution in [1.82, 2.24) is 15.0 Å². The molecule has 4 heterocycles. The highest BCUT2D eigenvalue weighted by Gasteiger charge is 2.19. The van der Waals surface area contributed by atoms with E-state index < -0.39 is 0 Å². The van der Waals surface area contributed by atoms with Crippen LogP contribution in [0.4, 0.5) is 5.82 Å². The predicted octanol–water partition coefficient (Wildman–Crippen LogP) is 3.32. The fraction of sp³-hybridized carbons (Fsp3) is 0.381. The molecule has 3 aromatic rings. The van der Waals surface area contributed by atoms with Crippen molar-refractivity contribution in [3.8, 4) is 23.0 Å². The van der Waals surface area contributed by atoms with Crippen molar-refractivity contribution in [2.75, 3.05) is 38.3 Å². The number of nitrogens with zero attached hydrogens (tertiary/aromatic N) is 4. The van der Waals surface area contributed by atoms with Crippen LogP contribution in [0.5, 0.6) is 11.6 Å². The zero-order chi connectivity index (χ0) is 19.5. The smallest absolute Gasteiger partial charge is 0.213 e. The van der Waals surface area contributed by atoms with E-state index in [0.717, 1.165) is 35.6 Å². The van der Waals surface area contributed by atoms with E-state index in [0.29, 0.717) is 30.5 Å². The number of methoxy groups -OCH3 is 1. The molecule has 0 aromatic carbocycles. The van der Waals surface area contributed by atoms with Crippen LogP contribution in [0, 0.1) is 0 Å². The van der Waals surface area contributed by atoms with Crippen molar-refractivity contribution >= 4 is 16.7 Å². The molecular weight excluding hydrogens is 356 g/mol. The summed E-state index contributed by atoms with van der Waals surface area (Å²) in [5.74, 6) is 2.20. The molecule has 1 aliphatic rings. The third-order valence-corrected chi connectivity index (χ3v) is 4.55. The second kappa shape index (κ2) is 7.98. The Morgan fingerprint density at radius 2 is 1.93 bits per heavy atom. The average Bonchev–Trinajstić information content (AvgIpc) is 2.73. The van der Waals surface area contributed by atoms with Gasteiger partial charge in [-0.15, -0.1) is 0 Å². The number of anilines is 1. The van der Waals surface area contributed by atoms with Crippen LogP contribution in [-0.4, -0.2) is 54.5 Å². The van der Waals surface area contributed by atoms with Crippen LogP contribution < -0.4 is 14.4 Å². The fourth-order valence-corrected chi connectivity index (χ4v) is 3.26. The summed E-state index contributed by atoms with van der Waals surface area (Å²) < 4.78 is 16.9. The molecule has 1 fully saturated rings. The van der Waals surface area contributed by atoms with Gasteiger partial charge >= 0.3 is 0 Å².